The van der Waals surface area contributed by atoms with E-state index in [0.29, 0.717) is 0 Å². The Balaban J connectivity index is 3.96. The van der Waals surface area contributed by atoms with Crippen molar-refractivity contribution in [1.82, 2.24) is 0 Å². The highest BCUT2D eigenvalue weighted by molar-refractivity contribution is 5.08. The van der Waals surface area contributed by atoms with Crippen LogP contribution in [0.3, 0.4) is 0 Å². The Morgan fingerprint density at radius 1 is 1.70 bits per heavy atom. The summed E-state index contributed by atoms with van der Waals surface area (Å²) in [4.78, 5) is 0. The van der Waals surface area contributed by atoms with E-state index in [-0.39, 0.29) is 6.10 Å². The lowest BCUT2D eigenvalue weighted by Gasteiger charge is -2.11. The van der Waals surface area contributed by atoms with Gasteiger partial charge in [-0.15, -0.1) is 12.5 Å². The fourth-order valence-electron chi connectivity index (χ4n) is 0.584. The molecule has 0 heterocycles. The van der Waals surface area contributed by atoms with Crippen LogP contribution in [-0.2, 0) is 4.74 Å². The zero-order valence-electron chi connectivity index (χ0n) is 6.29. The third-order valence-corrected chi connectivity index (χ3v) is 1.11. The Labute approximate surface area is 61.5 Å². The van der Waals surface area contributed by atoms with Gasteiger partial charge in [0.05, 0.1) is 0 Å². The fraction of sp³-hybridized carbons (Fsp3) is 0.500. The smallest absolute Gasteiger partial charge is 0.144 e. The lowest BCUT2D eigenvalue weighted by atomic mass is 10.2. The van der Waals surface area contributed by atoms with Crippen LogP contribution in [0.2, 0.25) is 0 Å². The molecule has 0 unspecified atom stereocenters. The Bertz CT molecular complexity index is 152. The molecule has 0 aromatic rings. The topological polar surface area (TPSA) is 29.5 Å². The largest absolute Gasteiger partial charge is 0.377 e. The number of hydrogen-bond donors (Lipinski definition) is 1. The molecule has 0 fully saturated rings. The molecule has 10 heavy (non-hydrogen) atoms. The molecule has 0 amide bonds. The van der Waals surface area contributed by atoms with Crippen LogP contribution in [0.4, 0.5) is 0 Å². The first kappa shape index (κ1) is 9.22. The van der Waals surface area contributed by atoms with Crippen molar-refractivity contribution in [2.24, 2.45) is 0 Å². The minimum Gasteiger partial charge on any atom is -0.377 e. The first-order valence-electron chi connectivity index (χ1n) is 3.02. The molecule has 0 aliphatic carbocycles. The van der Waals surface area contributed by atoms with Gasteiger partial charge >= 0.3 is 0 Å². The zero-order chi connectivity index (χ0) is 7.98. The van der Waals surface area contributed by atoms with Gasteiger partial charge in [0.15, 0.2) is 0 Å². The van der Waals surface area contributed by atoms with E-state index in [2.05, 4.69) is 18.4 Å². The third-order valence-electron chi connectivity index (χ3n) is 1.11. The summed E-state index contributed by atoms with van der Waals surface area (Å²) >= 11 is 0. The van der Waals surface area contributed by atoms with Crippen LogP contribution in [0, 0.1) is 11.8 Å². The predicted octanol–water partition coefficient (Wildman–Crippen LogP) is 0.572. The molecular weight excluding hydrogens is 128 g/mol. The van der Waals surface area contributed by atoms with Crippen molar-refractivity contribution >= 4 is 0 Å². The van der Waals surface area contributed by atoms with Gasteiger partial charge in [-0.3, -0.25) is 0 Å². The van der Waals surface area contributed by atoms with Crippen molar-refractivity contribution < 1.29 is 9.84 Å². The molecule has 0 spiro atoms. The summed E-state index contributed by atoms with van der Waals surface area (Å²) in [6, 6.07) is 0. The number of rotatable bonds is 3. The molecule has 0 aromatic heterocycles. The molecule has 0 rings (SSSR count). The standard InChI is InChI=1S/C8H12O2/c1-4-6-7(9)8(5-2)10-3/h5,7-9H,2H2,1,3H3/t7-,8+/m1/s1. The maximum Gasteiger partial charge on any atom is 0.144 e. The summed E-state index contributed by atoms with van der Waals surface area (Å²) in [7, 11) is 1.51. The Kier molecular flexibility index (Phi) is 4.65. The Morgan fingerprint density at radius 2 is 2.30 bits per heavy atom. The number of methoxy groups -OCH3 is 1. The average Bonchev–Trinajstić information content (AvgIpc) is 1.91. The molecule has 2 atom stereocenters. The van der Waals surface area contributed by atoms with Crippen molar-refractivity contribution in [3.8, 4) is 11.8 Å². The number of aliphatic hydroxyl groups excluding tert-OH is 1. The first-order valence-corrected chi connectivity index (χ1v) is 3.02. The van der Waals surface area contributed by atoms with Crippen LogP contribution in [0.1, 0.15) is 6.92 Å². The van der Waals surface area contributed by atoms with Gasteiger partial charge in [0.2, 0.25) is 0 Å². The molecule has 2 heteroatoms. The van der Waals surface area contributed by atoms with Gasteiger partial charge in [-0.25, -0.2) is 0 Å². The summed E-state index contributed by atoms with van der Waals surface area (Å²) in [6.07, 6.45) is 0.384. The molecule has 0 aliphatic rings. The van der Waals surface area contributed by atoms with Gasteiger partial charge in [-0.2, -0.15) is 0 Å². The first-order chi connectivity index (χ1) is 4.76. The van der Waals surface area contributed by atoms with Crippen molar-refractivity contribution in [3.05, 3.63) is 12.7 Å². The van der Waals surface area contributed by atoms with Gasteiger partial charge in [-0.05, 0) is 6.92 Å². The van der Waals surface area contributed by atoms with E-state index in [9.17, 15) is 0 Å². The van der Waals surface area contributed by atoms with Gasteiger partial charge in [0.1, 0.15) is 12.2 Å². The second-order valence-electron chi connectivity index (χ2n) is 1.78. The number of ether oxygens (including phenoxy) is 1. The normalized spacial score (nSPS) is 14.7. The second kappa shape index (κ2) is 5.04. The van der Waals surface area contributed by atoms with Crippen LogP contribution in [0.25, 0.3) is 0 Å². The van der Waals surface area contributed by atoms with Crippen LogP contribution in [-0.4, -0.2) is 24.4 Å². The molecular formula is C8H12O2. The number of hydrogen-bond acceptors (Lipinski definition) is 2. The van der Waals surface area contributed by atoms with Crippen LogP contribution in [0.15, 0.2) is 12.7 Å². The summed E-state index contributed by atoms with van der Waals surface area (Å²) in [5.74, 6) is 5.15. The molecule has 0 aromatic carbocycles. The van der Waals surface area contributed by atoms with Crippen molar-refractivity contribution in [2.75, 3.05) is 7.11 Å². The van der Waals surface area contributed by atoms with Gasteiger partial charge in [0, 0.05) is 7.11 Å². The third kappa shape index (κ3) is 2.67. The van der Waals surface area contributed by atoms with Crippen LogP contribution < -0.4 is 0 Å². The summed E-state index contributed by atoms with van der Waals surface area (Å²) < 4.78 is 4.84. The lowest BCUT2D eigenvalue weighted by molar-refractivity contribution is 0.0479. The van der Waals surface area contributed by atoms with Crippen LogP contribution >= 0.6 is 0 Å². The molecule has 1 N–H and O–H groups in total. The Morgan fingerprint density at radius 3 is 2.60 bits per heavy atom. The van der Waals surface area contributed by atoms with E-state index in [1.807, 2.05) is 0 Å². The summed E-state index contributed by atoms with van der Waals surface area (Å²) in [6.45, 7) is 5.15. The fourth-order valence-corrected chi connectivity index (χ4v) is 0.584. The van der Waals surface area contributed by atoms with E-state index in [4.69, 9.17) is 9.84 Å². The van der Waals surface area contributed by atoms with Crippen molar-refractivity contribution in [2.45, 2.75) is 19.1 Å². The van der Waals surface area contributed by atoms with E-state index >= 15 is 0 Å². The molecule has 0 bridgehead atoms. The zero-order valence-corrected chi connectivity index (χ0v) is 6.29. The monoisotopic (exact) mass is 140 g/mol. The average molecular weight is 140 g/mol. The molecule has 56 valence electrons. The quantitative estimate of drug-likeness (QED) is 0.459. The molecule has 0 saturated carbocycles. The summed E-state index contributed by atoms with van der Waals surface area (Å²) in [5, 5.41) is 9.14. The highest BCUT2D eigenvalue weighted by Gasteiger charge is 2.10. The van der Waals surface area contributed by atoms with Crippen molar-refractivity contribution in [1.29, 1.82) is 0 Å². The second-order valence-corrected chi connectivity index (χ2v) is 1.78. The van der Waals surface area contributed by atoms with Gasteiger partial charge in [-0.1, -0.05) is 12.0 Å². The molecule has 0 aliphatic heterocycles. The minimum absolute atomic E-state index is 0.382. The minimum atomic E-state index is -0.757. The maximum atomic E-state index is 9.14. The van der Waals surface area contributed by atoms with E-state index < -0.39 is 6.10 Å². The van der Waals surface area contributed by atoms with E-state index in [0.717, 1.165) is 0 Å². The highest BCUT2D eigenvalue weighted by Crippen LogP contribution is 1.97. The summed E-state index contributed by atoms with van der Waals surface area (Å²) in [5.41, 5.74) is 0. The van der Waals surface area contributed by atoms with E-state index in [1.54, 1.807) is 6.92 Å². The molecule has 0 radical (unpaired) electrons. The van der Waals surface area contributed by atoms with E-state index in [1.165, 1.54) is 13.2 Å². The van der Waals surface area contributed by atoms with Gasteiger partial charge in [0.25, 0.3) is 0 Å². The Hall–Kier alpha value is -0.780. The highest BCUT2D eigenvalue weighted by atomic mass is 16.5. The lowest BCUT2D eigenvalue weighted by Crippen LogP contribution is -2.23. The number of aliphatic hydroxyl groups is 1. The molecule has 0 saturated heterocycles. The molecule has 2 nitrogen and oxygen atoms in total. The van der Waals surface area contributed by atoms with Gasteiger partial charge < -0.3 is 9.84 Å². The predicted molar refractivity (Wildman–Crippen MR) is 40.5 cm³/mol. The maximum absolute atomic E-state index is 9.14. The van der Waals surface area contributed by atoms with Crippen molar-refractivity contribution in [3.63, 3.8) is 0 Å². The SMILES string of the molecule is C=C[C@H](OC)[C@H](O)C#CC. The van der Waals surface area contributed by atoms with Crippen LogP contribution in [0.5, 0.6) is 0 Å².